The molecule has 0 saturated carbocycles. The molecule has 104 valence electrons. The summed E-state index contributed by atoms with van der Waals surface area (Å²) in [5.74, 6) is 0. The fraction of sp³-hybridized carbons (Fsp3) is 0.750. The summed E-state index contributed by atoms with van der Waals surface area (Å²) in [6, 6.07) is 0. The Morgan fingerprint density at radius 1 is 1.39 bits per heavy atom. The van der Waals surface area contributed by atoms with Gasteiger partial charge in [0.1, 0.15) is 12.8 Å². The Kier molecular flexibility index (Phi) is 5.81. The van der Waals surface area contributed by atoms with E-state index in [1.54, 1.807) is 6.92 Å². The second-order valence-corrected chi connectivity index (χ2v) is 4.22. The van der Waals surface area contributed by atoms with Gasteiger partial charge in [0.05, 0.1) is 0 Å². The molecular formula is C12H19F3N2O. The van der Waals surface area contributed by atoms with E-state index in [0.717, 1.165) is 30.8 Å². The van der Waals surface area contributed by atoms with Gasteiger partial charge >= 0.3 is 6.18 Å². The summed E-state index contributed by atoms with van der Waals surface area (Å²) in [6.07, 6.45) is -3.17. The molecule has 1 rings (SSSR count). The van der Waals surface area contributed by atoms with E-state index in [4.69, 9.17) is 4.74 Å². The maximum Gasteiger partial charge on any atom is 0.411 e. The first-order chi connectivity index (χ1) is 8.42. The molecule has 0 bridgehead atoms. The highest BCUT2D eigenvalue weighted by molar-refractivity contribution is 6.00. The van der Waals surface area contributed by atoms with Crippen LogP contribution in [0.3, 0.4) is 0 Å². The lowest BCUT2D eigenvalue weighted by atomic mass is 10.1. The molecule has 0 aliphatic carbocycles. The van der Waals surface area contributed by atoms with Crippen molar-refractivity contribution in [3.05, 3.63) is 12.2 Å². The summed E-state index contributed by atoms with van der Waals surface area (Å²) in [7, 11) is 0. The highest BCUT2D eigenvalue weighted by atomic mass is 19.4. The molecule has 1 unspecified atom stereocenters. The van der Waals surface area contributed by atoms with Crippen LogP contribution in [0.4, 0.5) is 13.2 Å². The van der Waals surface area contributed by atoms with Gasteiger partial charge in [0.25, 0.3) is 0 Å². The number of hydrogen-bond acceptors (Lipinski definition) is 3. The molecule has 1 fully saturated rings. The highest BCUT2D eigenvalue weighted by Crippen LogP contribution is 2.18. The van der Waals surface area contributed by atoms with Crippen molar-refractivity contribution in [2.24, 2.45) is 4.99 Å². The monoisotopic (exact) mass is 264 g/mol. The van der Waals surface area contributed by atoms with E-state index >= 15 is 0 Å². The molecule has 1 N–H and O–H groups in total. The third-order valence-electron chi connectivity index (χ3n) is 2.64. The fourth-order valence-corrected chi connectivity index (χ4v) is 1.66. The summed E-state index contributed by atoms with van der Waals surface area (Å²) in [5.41, 5.74) is 1.66. The summed E-state index contributed by atoms with van der Waals surface area (Å²) in [5, 5.41) is 3.19. The minimum absolute atomic E-state index is 0.417. The van der Waals surface area contributed by atoms with E-state index < -0.39 is 19.0 Å². The Hall–Kier alpha value is -0.880. The number of rotatable bonds is 4. The summed E-state index contributed by atoms with van der Waals surface area (Å²) < 4.78 is 41.0. The minimum Gasteiger partial charge on any atom is -0.347 e. The Morgan fingerprint density at radius 3 is 2.67 bits per heavy atom. The molecular weight excluding hydrogens is 245 g/mol. The van der Waals surface area contributed by atoms with Crippen molar-refractivity contribution in [1.82, 2.24) is 5.32 Å². The molecule has 0 radical (unpaired) electrons. The zero-order valence-electron chi connectivity index (χ0n) is 10.5. The van der Waals surface area contributed by atoms with Crippen LogP contribution in [0.15, 0.2) is 17.1 Å². The molecule has 1 heterocycles. The normalized spacial score (nSPS) is 22.0. The van der Waals surface area contributed by atoms with Crippen LogP contribution >= 0.6 is 0 Å². The van der Waals surface area contributed by atoms with Gasteiger partial charge in [0.2, 0.25) is 0 Å². The van der Waals surface area contributed by atoms with Gasteiger partial charge < -0.3 is 10.1 Å². The van der Waals surface area contributed by atoms with Crippen molar-refractivity contribution >= 4 is 5.71 Å². The summed E-state index contributed by atoms with van der Waals surface area (Å²) >= 11 is 0. The molecule has 0 aromatic carbocycles. The topological polar surface area (TPSA) is 33.6 Å². The molecule has 1 aliphatic rings. The van der Waals surface area contributed by atoms with Crippen LogP contribution in [0.1, 0.15) is 26.2 Å². The van der Waals surface area contributed by atoms with E-state index in [0.29, 0.717) is 12.8 Å². The van der Waals surface area contributed by atoms with Gasteiger partial charge in [-0.3, -0.25) is 4.99 Å². The molecule has 3 nitrogen and oxygen atoms in total. The highest BCUT2D eigenvalue weighted by Gasteiger charge is 2.29. The lowest BCUT2D eigenvalue weighted by Gasteiger charge is -2.16. The van der Waals surface area contributed by atoms with Crippen LogP contribution in [-0.4, -0.2) is 37.8 Å². The van der Waals surface area contributed by atoms with Crippen molar-refractivity contribution in [3.8, 4) is 0 Å². The van der Waals surface area contributed by atoms with E-state index in [1.165, 1.54) is 0 Å². The minimum atomic E-state index is -4.31. The second-order valence-electron chi connectivity index (χ2n) is 4.22. The van der Waals surface area contributed by atoms with Gasteiger partial charge in [-0.25, -0.2) is 0 Å². The summed E-state index contributed by atoms with van der Waals surface area (Å²) in [6.45, 7) is 6.00. The molecule has 18 heavy (non-hydrogen) atoms. The van der Waals surface area contributed by atoms with E-state index in [9.17, 15) is 13.2 Å². The quantitative estimate of drug-likeness (QED) is 0.847. The van der Waals surface area contributed by atoms with Crippen LogP contribution < -0.4 is 5.32 Å². The largest absolute Gasteiger partial charge is 0.411 e. The molecule has 0 aromatic rings. The molecule has 0 aromatic heterocycles. The molecule has 1 saturated heterocycles. The first-order valence-corrected chi connectivity index (χ1v) is 6.06. The van der Waals surface area contributed by atoms with Crippen molar-refractivity contribution in [2.75, 3.05) is 19.7 Å². The van der Waals surface area contributed by atoms with E-state index in [2.05, 4.69) is 16.9 Å². The van der Waals surface area contributed by atoms with Gasteiger partial charge in [-0.15, -0.1) is 0 Å². The van der Waals surface area contributed by atoms with Gasteiger partial charge in [0, 0.05) is 18.7 Å². The Balaban J connectivity index is 2.61. The Labute approximate surface area is 105 Å². The lowest BCUT2D eigenvalue weighted by Crippen LogP contribution is -2.23. The number of aliphatic imine (C=N–C) groups is 1. The zero-order valence-corrected chi connectivity index (χ0v) is 10.5. The van der Waals surface area contributed by atoms with Gasteiger partial charge in [-0.2, -0.15) is 13.2 Å². The number of ether oxygens (including phenoxy) is 1. The average Bonchev–Trinajstić information content (AvgIpc) is 2.48. The average molecular weight is 264 g/mol. The molecule has 1 atom stereocenters. The lowest BCUT2D eigenvalue weighted by molar-refractivity contribution is -0.184. The first-order valence-electron chi connectivity index (χ1n) is 6.06. The van der Waals surface area contributed by atoms with Crippen LogP contribution in [0.25, 0.3) is 0 Å². The smallest absolute Gasteiger partial charge is 0.347 e. The molecule has 0 spiro atoms. The molecule has 1 aliphatic heterocycles. The van der Waals surface area contributed by atoms with Crippen molar-refractivity contribution in [3.63, 3.8) is 0 Å². The van der Waals surface area contributed by atoms with Gasteiger partial charge in [-0.05, 0) is 25.0 Å². The third-order valence-corrected chi connectivity index (χ3v) is 2.64. The van der Waals surface area contributed by atoms with Gasteiger partial charge in [-0.1, -0.05) is 13.5 Å². The van der Waals surface area contributed by atoms with Crippen molar-refractivity contribution in [1.29, 1.82) is 0 Å². The van der Waals surface area contributed by atoms with Crippen molar-refractivity contribution in [2.45, 2.75) is 38.6 Å². The SMILES string of the molecule is C=C1CCNCCC1=NC(CC)OCC(F)(F)F. The standard InChI is InChI=1S/C12H19F3N2O/c1-3-11(18-8-12(13,14)15)17-10-5-7-16-6-4-9(10)2/h11,16H,2-8H2,1H3. The molecule has 6 heteroatoms. The first kappa shape index (κ1) is 15.2. The van der Waals surface area contributed by atoms with Crippen LogP contribution in [0.5, 0.6) is 0 Å². The fourth-order valence-electron chi connectivity index (χ4n) is 1.66. The van der Waals surface area contributed by atoms with Crippen molar-refractivity contribution < 1.29 is 17.9 Å². The van der Waals surface area contributed by atoms with E-state index in [-0.39, 0.29) is 0 Å². The Morgan fingerprint density at radius 2 is 2.06 bits per heavy atom. The zero-order chi connectivity index (χ0) is 13.6. The molecule has 0 amide bonds. The Bertz CT molecular complexity index is 313. The number of nitrogens with one attached hydrogen (secondary N) is 1. The van der Waals surface area contributed by atoms with Crippen LogP contribution in [0, 0.1) is 0 Å². The van der Waals surface area contributed by atoms with E-state index in [1.807, 2.05) is 0 Å². The maximum absolute atomic E-state index is 12.1. The number of halogens is 3. The maximum atomic E-state index is 12.1. The third kappa shape index (κ3) is 5.64. The number of nitrogens with zero attached hydrogens (tertiary/aromatic N) is 1. The predicted molar refractivity (Wildman–Crippen MR) is 64.8 cm³/mol. The van der Waals surface area contributed by atoms with Gasteiger partial charge in [0.15, 0.2) is 0 Å². The van der Waals surface area contributed by atoms with Crippen LogP contribution in [-0.2, 0) is 4.74 Å². The number of alkyl halides is 3. The van der Waals surface area contributed by atoms with Crippen LogP contribution in [0.2, 0.25) is 0 Å². The number of hydrogen-bond donors (Lipinski definition) is 1. The summed E-state index contributed by atoms with van der Waals surface area (Å²) in [4.78, 5) is 4.25. The predicted octanol–water partition coefficient (Wildman–Crippen LogP) is 2.68. The second kappa shape index (κ2) is 6.89.